The monoisotopic (exact) mass is 701 g/mol. The molecule has 0 aliphatic rings. The zero-order chi connectivity index (χ0) is 37.9. The number of nitrogens with zero attached hydrogens (tertiary/aromatic N) is 1. The van der Waals surface area contributed by atoms with Crippen LogP contribution in [0.4, 0.5) is 4.79 Å². The Bertz CT molecular complexity index is 1630. The zero-order valence-corrected chi connectivity index (χ0v) is 31.5. The summed E-state index contributed by atoms with van der Waals surface area (Å²) in [5, 5.41) is 15.6. The third-order valence-corrected chi connectivity index (χ3v) is 8.19. The number of nitrogens with one attached hydrogen (secondary N) is 2. The number of alkyl carbamates (subject to hydrolysis) is 1. The molecule has 0 radical (unpaired) electrons. The normalized spacial score (nSPS) is 13.4. The molecule has 0 saturated heterocycles. The van der Waals surface area contributed by atoms with Crippen molar-refractivity contribution < 1.29 is 33.8 Å². The molecule has 3 atom stereocenters. The Morgan fingerprint density at radius 1 is 0.745 bits per heavy atom. The molecule has 3 unspecified atom stereocenters. The molecule has 51 heavy (non-hydrogen) atoms. The number of carbonyl (C=O) groups excluding carboxylic acids is 4. The van der Waals surface area contributed by atoms with Crippen LogP contribution < -0.4 is 10.6 Å². The van der Waals surface area contributed by atoms with E-state index in [1.165, 1.54) is 17.0 Å². The first-order valence-corrected chi connectivity index (χ1v) is 17.6. The van der Waals surface area contributed by atoms with Gasteiger partial charge >= 0.3 is 12.1 Å². The number of aryl methyl sites for hydroxylation is 1. The third kappa shape index (κ3) is 12.8. The minimum Gasteiger partial charge on any atom is -0.508 e. The fourth-order valence-electron chi connectivity index (χ4n) is 5.60. The Labute approximate surface area is 302 Å². The van der Waals surface area contributed by atoms with Gasteiger partial charge in [0.05, 0.1) is 0 Å². The summed E-state index contributed by atoms with van der Waals surface area (Å²) in [5.41, 5.74) is 2.22. The molecule has 3 aromatic carbocycles. The second-order valence-electron chi connectivity index (χ2n) is 14.9. The van der Waals surface area contributed by atoms with Crippen molar-refractivity contribution in [3.63, 3.8) is 0 Å². The van der Waals surface area contributed by atoms with Crippen LogP contribution in [0.2, 0.25) is 0 Å². The van der Waals surface area contributed by atoms with Crippen LogP contribution in [0.1, 0.15) is 95.2 Å². The number of phenolic OH excluding ortho intramolecular Hbond substituents is 1. The van der Waals surface area contributed by atoms with Gasteiger partial charge in [0, 0.05) is 19.4 Å². The number of amides is 3. The molecular weight excluding hydrogens is 646 g/mol. The summed E-state index contributed by atoms with van der Waals surface area (Å²) in [4.78, 5) is 57.9. The number of phenols is 1. The number of unbranched alkanes of at least 4 members (excludes halogenated alkanes) is 1. The molecule has 0 aliphatic carbocycles. The van der Waals surface area contributed by atoms with Gasteiger partial charge in [-0.1, -0.05) is 74.0 Å². The van der Waals surface area contributed by atoms with Gasteiger partial charge in [-0.15, -0.1) is 0 Å². The SMILES string of the molecule is CCCCN(C(=O)C(Cc1ccc(O)cc1)NC(=O)OC(C)(C)C)C(C(=O)NC(Cc1ccccc1)C(=O)OC(C)(C)C)c1cccc(C)c1C. The van der Waals surface area contributed by atoms with Crippen molar-refractivity contribution in [2.24, 2.45) is 0 Å². The summed E-state index contributed by atoms with van der Waals surface area (Å²) in [6.07, 6.45) is 0.750. The van der Waals surface area contributed by atoms with E-state index >= 15 is 0 Å². The predicted molar refractivity (Wildman–Crippen MR) is 198 cm³/mol. The van der Waals surface area contributed by atoms with E-state index in [1.54, 1.807) is 53.7 Å². The van der Waals surface area contributed by atoms with E-state index in [0.717, 1.165) is 23.1 Å². The largest absolute Gasteiger partial charge is 0.508 e. The van der Waals surface area contributed by atoms with Gasteiger partial charge in [-0.2, -0.15) is 0 Å². The summed E-state index contributed by atoms with van der Waals surface area (Å²) < 4.78 is 11.3. The van der Waals surface area contributed by atoms with E-state index in [4.69, 9.17) is 9.47 Å². The second-order valence-corrected chi connectivity index (χ2v) is 14.9. The Hall–Kier alpha value is -4.86. The zero-order valence-electron chi connectivity index (χ0n) is 31.5. The maximum atomic E-state index is 14.9. The molecule has 276 valence electrons. The number of aromatic hydroxyl groups is 1. The molecule has 3 N–H and O–H groups in total. The number of hydrogen-bond acceptors (Lipinski definition) is 7. The number of ether oxygens (including phenoxy) is 2. The van der Waals surface area contributed by atoms with Crippen LogP contribution in [0.25, 0.3) is 0 Å². The molecule has 10 heteroatoms. The topological polar surface area (TPSA) is 134 Å². The van der Waals surface area contributed by atoms with Crippen LogP contribution in [0, 0.1) is 13.8 Å². The second kappa shape index (κ2) is 17.9. The van der Waals surface area contributed by atoms with Crippen molar-refractivity contribution in [3.8, 4) is 5.75 Å². The van der Waals surface area contributed by atoms with Crippen LogP contribution in [-0.2, 0) is 36.7 Å². The molecule has 0 spiro atoms. The van der Waals surface area contributed by atoms with Crippen molar-refractivity contribution >= 4 is 23.9 Å². The van der Waals surface area contributed by atoms with Crippen LogP contribution in [0.15, 0.2) is 72.8 Å². The Morgan fingerprint density at radius 3 is 1.92 bits per heavy atom. The highest BCUT2D eigenvalue weighted by molar-refractivity contribution is 5.94. The highest BCUT2D eigenvalue weighted by Gasteiger charge is 2.39. The van der Waals surface area contributed by atoms with Gasteiger partial charge in [-0.3, -0.25) is 9.59 Å². The Balaban J connectivity index is 2.15. The van der Waals surface area contributed by atoms with Gasteiger partial charge in [0.25, 0.3) is 0 Å². The van der Waals surface area contributed by atoms with E-state index < -0.39 is 53.2 Å². The average Bonchev–Trinajstić information content (AvgIpc) is 3.03. The Kier molecular flexibility index (Phi) is 14.2. The van der Waals surface area contributed by atoms with Crippen molar-refractivity contribution in [2.75, 3.05) is 6.54 Å². The summed E-state index contributed by atoms with van der Waals surface area (Å²) in [6, 6.07) is 17.9. The summed E-state index contributed by atoms with van der Waals surface area (Å²) in [5.74, 6) is -1.59. The van der Waals surface area contributed by atoms with Gasteiger partial charge in [0.2, 0.25) is 11.8 Å². The maximum Gasteiger partial charge on any atom is 0.408 e. The predicted octanol–water partition coefficient (Wildman–Crippen LogP) is 6.88. The van der Waals surface area contributed by atoms with E-state index in [2.05, 4.69) is 10.6 Å². The minimum absolute atomic E-state index is 0.0630. The van der Waals surface area contributed by atoms with Crippen LogP contribution in [-0.4, -0.2) is 63.7 Å². The maximum absolute atomic E-state index is 14.9. The van der Waals surface area contributed by atoms with Gasteiger partial charge in [-0.25, -0.2) is 9.59 Å². The van der Waals surface area contributed by atoms with E-state index in [0.29, 0.717) is 17.5 Å². The first-order valence-electron chi connectivity index (χ1n) is 17.6. The summed E-state index contributed by atoms with van der Waals surface area (Å²) >= 11 is 0. The molecule has 0 fully saturated rings. The molecule has 0 saturated carbocycles. The van der Waals surface area contributed by atoms with Crippen LogP contribution in [0.3, 0.4) is 0 Å². The lowest BCUT2D eigenvalue weighted by Crippen LogP contribution is -2.55. The summed E-state index contributed by atoms with van der Waals surface area (Å²) in [7, 11) is 0. The fourth-order valence-corrected chi connectivity index (χ4v) is 5.60. The smallest absolute Gasteiger partial charge is 0.408 e. The Morgan fingerprint density at radius 2 is 1.33 bits per heavy atom. The minimum atomic E-state index is -1.16. The number of carbonyl (C=O) groups is 4. The van der Waals surface area contributed by atoms with Crippen LogP contribution >= 0.6 is 0 Å². The quantitative estimate of drug-likeness (QED) is 0.156. The number of hydrogen-bond donors (Lipinski definition) is 3. The molecule has 3 rings (SSSR count). The number of esters is 1. The van der Waals surface area contributed by atoms with Gasteiger partial charge in [-0.05, 0) is 102 Å². The summed E-state index contributed by atoms with van der Waals surface area (Å²) in [6.45, 7) is 16.5. The van der Waals surface area contributed by atoms with Crippen molar-refractivity contribution in [1.82, 2.24) is 15.5 Å². The molecule has 0 aromatic heterocycles. The first kappa shape index (κ1) is 40.6. The van der Waals surface area contributed by atoms with E-state index in [1.807, 2.05) is 69.3 Å². The third-order valence-electron chi connectivity index (χ3n) is 8.19. The molecular formula is C41H55N3O7. The molecule has 3 amide bonds. The molecule has 10 nitrogen and oxygen atoms in total. The van der Waals surface area contributed by atoms with E-state index in [9.17, 15) is 24.3 Å². The van der Waals surface area contributed by atoms with E-state index in [-0.39, 0.29) is 25.1 Å². The highest BCUT2D eigenvalue weighted by atomic mass is 16.6. The number of rotatable bonds is 14. The number of benzene rings is 3. The molecule has 0 heterocycles. The molecule has 3 aromatic rings. The fraction of sp³-hybridized carbons (Fsp3) is 0.463. The van der Waals surface area contributed by atoms with Crippen molar-refractivity contribution in [1.29, 1.82) is 0 Å². The van der Waals surface area contributed by atoms with Gasteiger partial charge in [0.15, 0.2) is 0 Å². The lowest BCUT2D eigenvalue weighted by Gasteiger charge is -2.36. The molecule has 0 bridgehead atoms. The lowest BCUT2D eigenvalue weighted by molar-refractivity contribution is -0.159. The highest BCUT2D eigenvalue weighted by Crippen LogP contribution is 2.29. The van der Waals surface area contributed by atoms with Gasteiger partial charge in [0.1, 0.15) is 35.1 Å². The van der Waals surface area contributed by atoms with Crippen molar-refractivity contribution in [2.45, 2.75) is 117 Å². The van der Waals surface area contributed by atoms with Crippen molar-refractivity contribution in [3.05, 3.63) is 101 Å². The average molecular weight is 702 g/mol. The molecule has 0 aliphatic heterocycles. The lowest BCUT2D eigenvalue weighted by atomic mass is 9.93. The first-order chi connectivity index (χ1) is 23.9. The van der Waals surface area contributed by atoms with Gasteiger partial charge < -0.3 is 30.1 Å². The standard InChI is InChI=1S/C41H55N3O7/c1-10-11-24-44(37(47)33(43-39(49)51-41(7,8)9)25-30-20-22-31(45)23-21-30)35(32-19-15-16-27(2)28(32)3)36(46)42-34(38(48)50-40(4,5)6)26-29-17-13-12-14-18-29/h12-23,33-35,45H,10-11,24-26H2,1-9H3,(H,42,46)(H,43,49). The van der Waals surface area contributed by atoms with Crippen LogP contribution in [0.5, 0.6) is 5.75 Å².